The van der Waals surface area contributed by atoms with Gasteiger partial charge in [0.25, 0.3) is 5.91 Å². The van der Waals surface area contributed by atoms with Crippen molar-refractivity contribution >= 4 is 5.91 Å². The molecule has 1 amide bonds. The molecular weight excluding hydrogens is 262 g/mol. The minimum atomic E-state index is 0.119. The van der Waals surface area contributed by atoms with Gasteiger partial charge in [-0.05, 0) is 43.2 Å². The Morgan fingerprint density at radius 3 is 2.52 bits per heavy atom. The molecule has 4 nitrogen and oxygen atoms in total. The summed E-state index contributed by atoms with van der Waals surface area (Å²) in [6.45, 7) is 0. The topological polar surface area (TPSA) is 38.1 Å². The van der Waals surface area contributed by atoms with Crippen molar-refractivity contribution in [3.05, 3.63) is 48.3 Å². The van der Waals surface area contributed by atoms with E-state index in [-0.39, 0.29) is 5.91 Å². The van der Waals surface area contributed by atoms with Gasteiger partial charge in [-0.25, -0.2) is 4.68 Å². The Morgan fingerprint density at radius 1 is 1.19 bits per heavy atom. The molecule has 2 aromatic rings. The van der Waals surface area contributed by atoms with Gasteiger partial charge in [-0.15, -0.1) is 0 Å². The van der Waals surface area contributed by atoms with E-state index in [0.29, 0.717) is 6.04 Å². The van der Waals surface area contributed by atoms with Crippen LogP contribution in [0.1, 0.15) is 42.5 Å². The van der Waals surface area contributed by atoms with E-state index in [9.17, 15) is 4.79 Å². The van der Waals surface area contributed by atoms with Crippen LogP contribution in [0.3, 0.4) is 0 Å². The second-order valence-electron chi connectivity index (χ2n) is 5.71. The zero-order valence-corrected chi connectivity index (χ0v) is 12.4. The van der Waals surface area contributed by atoms with Crippen LogP contribution < -0.4 is 0 Å². The smallest absolute Gasteiger partial charge is 0.253 e. The van der Waals surface area contributed by atoms with E-state index in [4.69, 9.17) is 0 Å². The molecule has 1 aromatic carbocycles. The fourth-order valence-electron chi connectivity index (χ4n) is 3.02. The summed E-state index contributed by atoms with van der Waals surface area (Å²) >= 11 is 0. The van der Waals surface area contributed by atoms with Crippen LogP contribution in [0.5, 0.6) is 0 Å². The largest absolute Gasteiger partial charge is 0.339 e. The molecule has 1 aromatic heterocycles. The van der Waals surface area contributed by atoms with Crippen molar-refractivity contribution in [3.8, 4) is 5.69 Å². The zero-order chi connectivity index (χ0) is 14.7. The third-order valence-electron chi connectivity index (χ3n) is 4.33. The molecule has 1 heterocycles. The molecule has 0 radical (unpaired) electrons. The Balaban J connectivity index is 1.72. The quantitative estimate of drug-likeness (QED) is 0.867. The lowest BCUT2D eigenvalue weighted by Crippen LogP contribution is -2.38. The molecule has 3 rings (SSSR count). The Bertz CT molecular complexity index is 583. The Kier molecular flexibility index (Phi) is 4.04. The summed E-state index contributed by atoms with van der Waals surface area (Å²) in [4.78, 5) is 14.5. The summed E-state index contributed by atoms with van der Waals surface area (Å²) < 4.78 is 1.79. The van der Waals surface area contributed by atoms with Gasteiger partial charge in [-0.2, -0.15) is 5.10 Å². The van der Waals surface area contributed by atoms with Crippen molar-refractivity contribution in [2.75, 3.05) is 7.05 Å². The monoisotopic (exact) mass is 283 g/mol. The molecule has 1 aliphatic rings. The molecule has 4 heteroatoms. The van der Waals surface area contributed by atoms with Crippen molar-refractivity contribution in [1.29, 1.82) is 0 Å². The third kappa shape index (κ3) is 2.99. The molecular formula is C17H21N3O. The molecule has 0 spiro atoms. The third-order valence-corrected chi connectivity index (χ3v) is 4.33. The van der Waals surface area contributed by atoms with E-state index in [1.807, 2.05) is 48.5 Å². The van der Waals surface area contributed by atoms with Crippen molar-refractivity contribution in [2.24, 2.45) is 0 Å². The minimum absolute atomic E-state index is 0.119. The number of carbonyl (C=O) groups excluding carboxylic acids is 1. The number of benzene rings is 1. The van der Waals surface area contributed by atoms with Gasteiger partial charge >= 0.3 is 0 Å². The molecule has 0 aliphatic heterocycles. The molecule has 110 valence electrons. The van der Waals surface area contributed by atoms with E-state index in [0.717, 1.165) is 24.1 Å². The van der Waals surface area contributed by atoms with Crippen LogP contribution >= 0.6 is 0 Å². The van der Waals surface area contributed by atoms with Crippen molar-refractivity contribution in [2.45, 2.75) is 38.1 Å². The van der Waals surface area contributed by atoms with Crippen molar-refractivity contribution < 1.29 is 4.79 Å². The second-order valence-corrected chi connectivity index (χ2v) is 5.71. The maximum Gasteiger partial charge on any atom is 0.253 e. The number of hydrogen-bond donors (Lipinski definition) is 0. The predicted molar refractivity (Wildman–Crippen MR) is 82.5 cm³/mol. The van der Waals surface area contributed by atoms with Gasteiger partial charge in [0.2, 0.25) is 0 Å². The second kappa shape index (κ2) is 6.12. The molecule has 0 N–H and O–H groups in total. The molecule has 1 fully saturated rings. The van der Waals surface area contributed by atoms with Crippen molar-refractivity contribution in [1.82, 2.24) is 14.7 Å². The lowest BCUT2D eigenvalue weighted by atomic mass is 9.94. The summed E-state index contributed by atoms with van der Waals surface area (Å²) in [6, 6.07) is 9.94. The van der Waals surface area contributed by atoms with Gasteiger partial charge in [-0.1, -0.05) is 19.3 Å². The minimum Gasteiger partial charge on any atom is -0.339 e. The highest BCUT2D eigenvalue weighted by atomic mass is 16.2. The van der Waals surface area contributed by atoms with Crippen LogP contribution in [0.25, 0.3) is 5.69 Å². The first-order valence-electron chi connectivity index (χ1n) is 7.63. The van der Waals surface area contributed by atoms with E-state index in [1.54, 1.807) is 10.9 Å². The van der Waals surface area contributed by atoms with Crippen molar-refractivity contribution in [3.63, 3.8) is 0 Å². The normalized spacial score (nSPS) is 15.9. The van der Waals surface area contributed by atoms with Gasteiger partial charge in [0.05, 0.1) is 5.69 Å². The summed E-state index contributed by atoms with van der Waals surface area (Å²) in [6.07, 6.45) is 9.68. The summed E-state index contributed by atoms with van der Waals surface area (Å²) in [5.41, 5.74) is 1.72. The van der Waals surface area contributed by atoms with Crippen LogP contribution in [-0.2, 0) is 0 Å². The average molecular weight is 283 g/mol. The highest BCUT2D eigenvalue weighted by Crippen LogP contribution is 2.23. The number of nitrogens with zero attached hydrogens (tertiary/aromatic N) is 3. The Labute approximate surface area is 125 Å². The lowest BCUT2D eigenvalue weighted by Gasteiger charge is -2.31. The fourth-order valence-corrected chi connectivity index (χ4v) is 3.02. The molecule has 0 bridgehead atoms. The highest BCUT2D eigenvalue weighted by Gasteiger charge is 2.22. The molecule has 21 heavy (non-hydrogen) atoms. The van der Waals surface area contributed by atoms with Gasteiger partial charge < -0.3 is 4.90 Å². The SMILES string of the molecule is CN(C(=O)c1ccc(-n2cccn2)cc1)C1CCCCC1. The number of aromatic nitrogens is 2. The molecule has 1 saturated carbocycles. The highest BCUT2D eigenvalue weighted by molar-refractivity contribution is 5.94. The first-order valence-corrected chi connectivity index (χ1v) is 7.63. The number of hydrogen-bond acceptors (Lipinski definition) is 2. The van der Waals surface area contributed by atoms with Crippen LogP contribution in [0.15, 0.2) is 42.7 Å². The van der Waals surface area contributed by atoms with Crippen LogP contribution in [0, 0.1) is 0 Å². The average Bonchev–Trinajstić information content (AvgIpc) is 3.09. The maximum absolute atomic E-state index is 12.5. The number of carbonyl (C=O) groups is 1. The predicted octanol–water partition coefficient (Wildman–Crippen LogP) is 3.28. The van der Waals surface area contributed by atoms with Gasteiger partial charge in [0.1, 0.15) is 0 Å². The summed E-state index contributed by atoms with van der Waals surface area (Å²) in [5, 5.41) is 4.19. The number of amides is 1. The molecule has 1 aliphatic carbocycles. The van der Waals surface area contributed by atoms with E-state index in [2.05, 4.69) is 5.10 Å². The Hall–Kier alpha value is -2.10. The van der Waals surface area contributed by atoms with Gasteiger partial charge in [0, 0.05) is 31.0 Å². The zero-order valence-electron chi connectivity index (χ0n) is 12.4. The van der Waals surface area contributed by atoms with E-state index in [1.165, 1.54) is 19.3 Å². The van der Waals surface area contributed by atoms with Crippen LogP contribution in [0.4, 0.5) is 0 Å². The molecule has 0 saturated heterocycles. The fraction of sp³-hybridized carbons (Fsp3) is 0.412. The molecule has 0 unspecified atom stereocenters. The summed E-state index contributed by atoms with van der Waals surface area (Å²) in [7, 11) is 1.93. The first-order chi connectivity index (χ1) is 10.3. The summed E-state index contributed by atoms with van der Waals surface area (Å²) in [5.74, 6) is 0.119. The van der Waals surface area contributed by atoms with Crippen LogP contribution in [-0.4, -0.2) is 33.7 Å². The molecule has 0 atom stereocenters. The lowest BCUT2D eigenvalue weighted by molar-refractivity contribution is 0.0696. The maximum atomic E-state index is 12.5. The Morgan fingerprint density at radius 2 is 1.90 bits per heavy atom. The van der Waals surface area contributed by atoms with E-state index < -0.39 is 0 Å². The van der Waals surface area contributed by atoms with Gasteiger partial charge in [-0.3, -0.25) is 4.79 Å². The van der Waals surface area contributed by atoms with Gasteiger partial charge in [0.15, 0.2) is 0 Å². The first kappa shape index (κ1) is 13.9. The van der Waals surface area contributed by atoms with E-state index >= 15 is 0 Å². The number of rotatable bonds is 3. The van der Waals surface area contributed by atoms with Crippen LogP contribution in [0.2, 0.25) is 0 Å². The standard InChI is InChI=1S/C17H21N3O/c1-19(15-6-3-2-4-7-15)17(21)14-8-10-16(11-9-14)20-13-5-12-18-20/h5,8-13,15H,2-4,6-7H2,1H3.